The number of carbonyl (C=O) groups is 1. The Labute approximate surface area is 154 Å². The summed E-state index contributed by atoms with van der Waals surface area (Å²) in [5.41, 5.74) is 4.53. The average molecular weight is 356 g/mol. The molecule has 0 unspecified atom stereocenters. The zero-order chi connectivity index (χ0) is 18.4. The second kappa shape index (κ2) is 8.62. The summed E-state index contributed by atoms with van der Waals surface area (Å²) >= 11 is 5.42. The van der Waals surface area contributed by atoms with E-state index in [9.17, 15) is 4.79 Å². The molecule has 25 heavy (non-hydrogen) atoms. The molecule has 0 aromatic heterocycles. The number of nitrogens with one attached hydrogen (secondary N) is 2. The Hall–Kier alpha value is -2.40. The van der Waals surface area contributed by atoms with Gasteiger partial charge in [0.1, 0.15) is 0 Å². The van der Waals surface area contributed by atoms with Crippen LogP contribution in [0, 0.1) is 13.8 Å². The van der Waals surface area contributed by atoms with Crippen LogP contribution in [0.1, 0.15) is 46.9 Å². The first-order valence-corrected chi connectivity index (χ1v) is 8.74. The van der Waals surface area contributed by atoms with Gasteiger partial charge in [-0.1, -0.05) is 35.9 Å². The highest BCUT2D eigenvalue weighted by atomic mass is 32.1. The maximum atomic E-state index is 12.0. The van der Waals surface area contributed by atoms with Crippen molar-refractivity contribution >= 4 is 29.0 Å². The van der Waals surface area contributed by atoms with Gasteiger partial charge in [-0.2, -0.15) is 0 Å². The van der Waals surface area contributed by atoms with E-state index in [4.69, 9.17) is 17.0 Å². The lowest BCUT2D eigenvalue weighted by Crippen LogP contribution is -2.31. The van der Waals surface area contributed by atoms with E-state index < -0.39 is 0 Å². The third-order valence-corrected chi connectivity index (χ3v) is 4.22. The van der Waals surface area contributed by atoms with Gasteiger partial charge < -0.3 is 15.4 Å². The van der Waals surface area contributed by atoms with Crippen molar-refractivity contribution in [2.75, 3.05) is 11.9 Å². The van der Waals surface area contributed by atoms with Crippen LogP contribution in [-0.4, -0.2) is 17.7 Å². The van der Waals surface area contributed by atoms with Gasteiger partial charge in [-0.25, -0.2) is 4.79 Å². The smallest absolute Gasteiger partial charge is 0.338 e. The molecule has 0 spiro atoms. The molecule has 0 bridgehead atoms. The first kappa shape index (κ1) is 18.9. The van der Waals surface area contributed by atoms with Gasteiger partial charge in [0, 0.05) is 5.69 Å². The fourth-order valence-electron chi connectivity index (χ4n) is 2.49. The molecule has 2 aromatic carbocycles. The molecule has 2 aromatic rings. The molecule has 0 fully saturated rings. The number of esters is 1. The Kier molecular flexibility index (Phi) is 6.53. The van der Waals surface area contributed by atoms with Crippen LogP contribution in [-0.2, 0) is 4.74 Å². The van der Waals surface area contributed by atoms with Crippen LogP contribution >= 0.6 is 12.2 Å². The second-order valence-corrected chi connectivity index (χ2v) is 6.34. The standard InChI is InChI=1S/C20H24N2O2S/c1-5-24-19(23)17-7-6-8-18(14(17)3)22-20(25)21-15(4)16-11-9-13(2)10-12-16/h6-12,15H,5H2,1-4H3,(H2,21,22,25)/t15-/m0/s1. The van der Waals surface area contributed by atoms with E-state index in [1.54, 1.807) is 13.0 Å². The first-order chi connectivity index (χ1) is 11.9. The largest absolute Gasteiger partial charge is 0.462 e. The van der Waals surface area contributed by atoms with Crippen molar-refractivity contribution in [3.05, 3.63) is 64.7 Å². The van der Waals surface area contributed by atoms with Gasteiger partial charge in [-0.05, 0) is 63.2 Å². The molecule has 0 aliphatic heterocycles. The van der Waals surface area contributed by atoms with Gasteiger partial charge in [-0.15, -0.1) is 0 Å². The summed E-state index contributed by atoms with van der Waals surface area (Å²) in [6.07, 6.45) is 0. The van der Waals surface area contributed by atoms with Crippen molar-refractivity contribution in [2.24, 2.45) is 0 Å². The lowest BCUT2D eigenvalue weighted by molar-refractivity contribution is 0.0525. The van der Waals surface area contributed by atoms with Crippen LogP contribution < -0.4 is 10.6 Å². The highest BCUT2D eigenvalue weighted by Crippen LogP contribution is 2.20. The normalized spacial score (nSPS) is 11.5. The van der Waals surface area contributed by atoms with Crippen molar-refractivity contribution < 1.29 is 9.53 Å². The lowest BCUT2D eigenvalue weighted by atomic mass is 10.1. The molecule has 2 N–H and O–H groups in total. The minimum absolute atomic E-state index is 0.0779. The zero-order valence-electron chi connectivity index (χ0n) is 15.1. The molecule has 1 atom stereocenters. The van der Waals surface area contributed by atoms with Crippen LogP contribution in [0.2, 0.25) is 0 Å². The van der Waals surface area contributed by atoms with Crippen molar-refractivity contribution in [3.8, 4) is 0 Å². The Morgan fingerprint density at radius 1 is 1.16 bits per heavy atom. The number of benzene rings is 2. The van der Waals surface area contributed by atoms with Gasteiger partial charge in [0.15, 0.2) is 5.11 Å². The fourth-order valence-corrected chi connectivity index (χ4v) is 2.78. The molecular formula is C20H24N2O2S. The van der Waals surface area contributed by atoms with Crippen molar-refractivity contribution in [1.82, 2.24) is 5.32 Å². The quantitative estimate of drug-likeness (QED) is 0.609. The minimum atomic E-state index is -0.324. The van der Waals surface area contributed by atoms with Crippen LogP contribution in [0.15, 0.2) is 42.5 Å². The Bertz CT molecular complexity index is 757. The summed E-state index contributed by atoms with van der Waals surface area (Å²) in [5, 5.41) is 6.95. The predicted octanol–water partition coefficient (Wildman–Crippen LogP) is 4.53. The summed E-state index contributed by atoms with van der Waals surface area (Å²) < 4.78 is 5.09. The van der Waals surface area contributed by atoms with Crippen LogP contribution in [0.25, 0.3) is 0 Å². The molecule has 0 aliphatic carbocycles. The monoisotopic (exact) mass is 356 g/mol. The number of carbonyl (C=O) groups excluding carboxylic acids is 1. The molecule has 5 heteroatoms. The number of hydrogen-bond acceptors (Lipinski definition) is 3. The van der Waals surface area contributed by atoms with E-state index in [2.05, 4.69) is 48.7 Å². The minimum Gasteiger partial charge on any atom is -0.462 e. The molecule has 0 amide bonds. The number of ether oxygens (including phenoxy) is 1. The zero-order valence-corrected chi connectivity index (χ0v) is 15.9. The molecule has 0 aliphatic rings. The van der Waals surface area contributed by atoms with E-state index in [1.165, 1.54) is 5.56 Å². The third-order valence-electron chi connectivity index (χ3n) is 4.00. The van der Waals surface area contributed by atoms with Crippen molar-refractivity contribution in [3.63, 3.8) is 0 Å². The van der Waals surface area contributed by atoms with Crippen LogP contribution in [0.4, 0.5) is 5.69 Å². The summed E-state index contributed by atoms with van der Waals surface area (Å²) in [6, 6.07) is 13.9. The van der Waals surface area contributed by atoms with E-state index >= 15 is 0 Å². The van der Waals surface area contributed by atoms with Crippen molar-refractivity contribution in [1.29, 1.82) is 0 Å². The van der Waals surface area contributed by atoms with Crippen LogP contribution in [0.3, 0.4) is 0 Å². The Morgan fingerprint density at radius 3 is 2.48 bits per heavy atom. The number of hydrogen-bond donors (Lipinski definition) is 2. The average Bonchev–Trinajstić information content (AvgIpc) is 2.57. The SMILES string of the molecule is CCOC(=O)c1cccc(NC(=S)N[C@@H](C)c2ccc(C)cc2)c1C. The summed E-state index contributed by atoms with van der Waals surface area (Å²) in [4.78, 5) is 12.0. The molecule has 0 radical (unpaired) electrons. The molecule has 132 valence electrons. The highest BCUT2D eigenvalue weighted by Gasteiger charge is 2.14. The summed E-state index contributed by atoms with van der Waals surface area (Å²) in [5.74, 6) is -0.324. The van der Waals surface area contributed by atoms with E-state index in [0.29, 0.717) is 17.3 Å². The van der Waals surface area contributed by atoms with Crippen LogP contribution in [0.5, 0.6) is 0 Å². The lowest BCUT2D eigenvalue weighted by Gasteiger charge is -2.19. The van der Waals surface area contributed by atoms with Gasteiger partial charge in [0.05, 0.1) is 18.2 Å². The number of anilines is 1. The van der Waals surface area contributed by atoms with E-state index in [0.717, 1.165) is 16.8 Å². The maximum Gasteiger partial charge on any atom is 0.338 e. The van der Waals surface area contributed by atoms with Gasteiger partial charge in [0.2, 0.25) is 0 Å². The van der Waals surface area contributed by atoms with Gasteiger partial charge in [-0.3, -0.25) is 0 Å². The molecule has 4 nitrogen and oxygen atoms in total. The predicted molar refractivity (Wildman–Crippen MR) is 106 cm³/mol. The fraction of sp³-hybridized carbons (Fsp3) is 0.300. The first-order valence-electron chi connectivity index (χ1n) is 8.33. The van der Waals surface area contributed by atoms with E-state index in [-0.39, 0.29) is 12.0 Å². The van der Waals surface area contributed by atoms with E-state index in [1.807, 2.05) is 19.1 Å². The molecular weight excluding hydrogens is 332 g/mol. The second-order valence-electron chi connectivity index (χ2n) is 5.93. The number of aryl methyl sites for hydroxylation is 1. The molecule has 0 heterocycles. The molecule has 2 rings (SSSR count). The number of rotatable bonds is 5. The maximum absolute atomic E-state index is 12.0. The summed E-state index contributed by atoms with van der Waals surface area (Å²) in [7, 11) is 0. The third kappa shape index (κ3) is 5.03. The molecule has 0 saturated heterocycles. The topological polar surface area (TPSA) is 50.4 Å². The van der Waals surface area contributed by atoms with Crippen molar-refractivity contribution in [2.45, 2.75) is 33.7 Å². The van der Waals surface area contributed by atoms with Gasteiger partial charge in [0.25, 0.3) is 0 Å². The highest BCUT2D eigenvalue weighted by molar-refractivity contribution is 7.80. The Balaban J connectivity index is 2.06. The summed E-state index contributed by atoms with van der Waals surface area (Å²) in [6.45, 7) is 8.14. The number of thiocarbonyl (C=S) groups is 1. The van der Waals surface area contributed by atoms with Gasteiger partial charge >= 0.3 is 5.97 Å². The Morgan fingerprint density at radius 2 is 1.84 bits per heavy atom. The molecule has 0 saturated carbocycles.